The van der Waals surface area contributed by atoms with Crippen LogP contribution in [0.1, 0.15) is 19.7 Å². The van der Waals surface area contributed by atoms with E-state index in [1.807, 2.05) is 0 Å². The van der Waals surface area contributed by atoms with E-state index in [0.717, 1.165) is 11.8 Å². The zero-order chi connectivity index (χ0) is 20.7. The van der Waals surface area contributed by atoms with Crippen LogP contribution in [0.2, 0.25) is 0 Å². The Morgan fingerprint density at radius 3 is 2.68 bits per heavy atom. The topological polar surface area (TPSA) is 95.3 Å². The number of carbonyl (C=O) groups is 2. The summed E-state index contributed by atoms with van der Waals surface area (Å²) < 4.78 is 35.8. The highest BCUT2D eigenvalue weighted by molar-refractivity contribution is 8.00. The number of amides is 1. The number of carbonyl (C=O) groups excluding carboxylic acids is 2. The van der Waals surface area contributed by atoms with Crippen LogP contribution in [0.3, 0.4) is 0 Å². The van der Waals surface area contributed by atoms with Crippen LogP contribution in [0.5, 0.6) is 5.75 Å². The summed E-state index contributed by atoms with van der Waals surface area (Å²) in [5, 5.41) is 10.3. The molecule has 0 aliphatic heterocycles. The fourth-order valence-electron chi connectivity index (χ4n) is 2.16. The Balaban J connectivity index is 2.02. The Bertz CT molecular complexity index is 831. The number of benzene rings is 1. The number of rotatable bonds is 9. The van der Waals surface area contributed by atoms with E-state index < -0.39 is 23.7 Å². The first-order valence-corrected chi connectivity index (χ1v) is 9.25. The van der Waals surface area contributed by atoms with Crippen molar-refractivity contribution in [2.45, 2.75) is 37.3 Å². The molecule has 1 heterocycles. The lowest BCUT2D eigenvalue weighted by atomic mass is 10.3. The maximum absolute atomic E-state index is 12.5. The van der Waals surface area contributed by atoms with Crippen molar-refractivity contribution in [3.8, 4) is 5.75 Å². The molecule has 1 aromatic heterocycles. The minimum atomic E-state index is -3.00. The highest BCUT2D eigenvalue weighted by Gasteiger charge is 2.21. The lowest BCUT2D eigenvalue weighted by molar-refractivity contribution is -0.142. The van der Waals surface area contributed by atoms with Crippen LogP contribution in [0, 0.1) is 0 Å². The van der Waals surface area contributed by atoms with Crippen molar-refractivity contribution in [2.75, 3.05) is 11.9 Å². The van der Waals surface area contributed by atoms with E-state index >= 15 is 0 Å². The van der Waals surface area contributed by atoms with Crippen LogP contribution in [0.4, 0.5) is 14.5 Å². The molecule has 1 atom stereocenters. The van der Waals surface area contributed by atoms with Crippen LogP contribution < -0.4 is 10.1 Å². The Labute approximate surface area is 164 Å². The molecule has 1 N–H and O–H groups in total. The molecule has 0 aliphatic carbocycles. The summed E-state index contributed by atoms with van der Waals surface area (Å²) in [4.78, 5) is 24.0. The second-order valence-electron chi connectivity index (χ2n) is 5.56. The van der Waals surface area contributed by atoms with Gasteiger partial charge in [0.25, 0.3) is 0 Å². The van der Waals surface area contributed by atoms with Gasteiger partial charge in [-0.25, -0.2) is 0 Å². The normalized spacial score (nSPS) is 11.9. The van der Waals surface area contributed by atoms with Gasteiger partial charge in [0.05, 0.1) is 17.5 Å². The van der Waals surface area contributed by atoms with Crippen molar-refractivity contribution in [1.82, 2.24) is 14.8 Å². The SMILES string of the molecule is CCOC(=O)Cc1nnc(S[C@@H](C)C(=O)Nc2ccccc2OC(F)F)n1C. The van der Waals surface area contributed by atoms with Gasteiger partial charge in [-0.3, -0.25) is 9.59 Å². The van der Waals surface area contributed by atoms with Crippen LogP contribution in [0.15, 0.2) is 29.4 Å². The average Bonchev–Trinajstić information content (AvgIpc) is 2.96. The quantitative estimate of drug-likeness (QED) is 0.498. The van der Waals surface area contributed by atoms with Gasteiger partial charge in [0.1, 0.15) is 18.0 Å². The smallest absolute Gasteiger partial charge is 0.387 e. The molecule has 0 saturated carbocycles. The largest absolute Gasteiger partial charge is 0.466 e. The number of halogens is 2. The van der Waals surface area contributed by atoms with Crippen LogP contribution in [0.25, 0.3) is 0 Å². The summed E-state index contributed by atoms with van der Waals surface area (Å²) in [5.74, 6) is -0.566. The molecule has 152 valence electrons. The number of esters is 1. The van der Waals surface area contributed by atoms with Crippen molar-refractivity contribution >= 4 is 29.3 Å². The van der Waals surface area contributed by atoms with E-state index in [2.05, 4.69) is 20.3 Å². The zero-order valence-electron chi connectivity index (χ0n) is 15.5. The van der Waals surface area contributed by atoms with Crippen molar-refractivity contribution in [1.29, 1.82) is 0 Å². The number of alkyl halides is 2. The molecule has 1 amide bonds. The molecular weight excluding hydrogens is 394 g/mol. The maximum atomic E-state index is 12.5. The van der Waals surface area contributed by atoms with Crippen molar-refractivity contribution < 1.29 is 27.8 Å². The molecule has 2 aromatic rings. The molecule has 0 aliphatic rings. The molecule has 0 saturated heterocycles. The van der Waals surface area contributed by atoms with Gasteiger partial charge < -0.3 is 19.4 Å². The van der Waals surface area contributed by atoms with Crippen LogP contribution >= 0.6 is 11.8 Å². The molecule has 11 heteroatoms. The third kappa shape index (κ3) is 5.91. The van der Waals surface area contributed by atoms with E-state index in [1.54, 1.807) is 31.5 Å². The number of nitrogens with zero attached hydrogens (tertiary/aromatic N) is 3. The summed E-state index contributed by atoms with van der Waals surface area (Å²) in [5.41, 5.74) is 0.140. The average molecular weight is 414 g/mol. The first-order chi connectivity index (χ1) is 13.3. The van der Waals surface area contributed by atoms with Crippen molar-refractivity contribution in [3.05, 3.63) is 30.1 Å². The first kappa shape index (κ1) is 21.6. The Morgan fingerprint density at radius 1 is 1.29 bits per heavy atom. The molecule has 0 fully saturated rings. The van der Waals surface area contributed by atoms with Gasteiger partial charge in [0.2, 0.25) is 5.91 Å². The molecule has 0 spiro atoms. The third-order valence-corrected chi connectivity index (χ3v) is 4.68. The number of nitrogens with one attached hydrogen (secondary N) is 1. The van der Waals surface area contributed by atoms with E-state index in [1.165, 1.54) is 18.2 Å². The lowest BCUT2D eigenvalue weighted by Crippen LogP contribution is -2.23. The third-order valence-electron chi connectivity index (χ3n) is 3.55. The number of ether oxygens (including phenoxy) is 2. The molecule has 0 radical (unpaired) electrons. The summed E-state index contributed by atoms with van der Waals surface area (Å²) in [6, 6.07) is 5.92. The van der Waals surface area contributed by atoms with Gasteiger partial charge in [-0.2, -0.15) is 8.78 Å². The van der Waals surface area contributed by atoms with Gasteiger partial charge in [-0.05, 0) is 26.0 Å². The lowest BCUT2D eigenvalue weighted by Gasteiger charge is -2.14. The highest BCUT2D eigenvalue weighted by Crippen LogP contribution is 2.28. The fraction of sp³-hybridized carbons (Fsp3) is 0.412. The zero-order valence-corrected chi connectivity index (χ0v) is 16.3. The number of aromatic nitrogens is 3. The first-order valence-electron chi connectivity index (χ1n) is 8.37. The molecule has 28 heavy (non-hydrogen) atoms. The van der Waals surface area contributed by atoms with E-state index in [-0.39, 0.29) is 24.5 Å². The predicted molar refractivity (Wildman–Crippen MR) is 98.4 cm³/mol. The fourth-order valence-corrected chi connectivity index (χ4v) is 2.99. The van der Waals surface area contributed by atoms with Gasteiger partial charge in [-0.15, -0.1) is 10.2 Å². The van der Waals surface area contributed by atoms with Crippen LogP contribution in [-0.2, 0) is 27.8 Å². The standard InChI is InChI=1S/C17H20F2N4O4S/c1-4-26-14(24)9-13-21-22-17(23(13)3)28-10(2)15(25)20-11-7-5-6-8-12(11)27-16(18)19/h5-8,10,16H,4,9H2,1-3H3,(H,20,25)/t10-/m0/s1. The Kier molecular flexibility index (Phi) is 7.73. The van der Waals surface area contributed by atoms with Gasteiger partial charge in [0, 0.05) is 7.05 Å². The second kappa shape index (κ2) is 10.0. The maximum Gasteiger partial charge on any atom is 0.387 e. The second-order valence-corrected chi connectivity index (χ2v) is 6.87. The summed E-state index contributed by atoms with van der Waals surface area (Å²) in [6.45, 7) is 0.615. The minimum absolute atomic E-state index is 0.0309. The van der Waals surface area contributed by atoms with Crippen molar-refractivity contribution in [3.63, 3.8) is 0 Å². The molecule has 0 unspecified atom stereocenters. The number of para-hydroxylation sites is 2. The molecule has 2 rings (SSSR count). The summed E-state index contributed by atoms with van der Waals surface area (Å²) in [6.07, 6.45) is -0.0309. The molecule has 0 bridgehead atoms. The summed E-state index contributed by atoms with van der Waals surface area (Å²) in [7, 11) is 1.67. The van der Waals surface area contributed by atoms with E-state index in [4.69, 9.17) is 4.74 Å². The van der Waals surface area contributed by atoms with E-state index in [9.17, 15) is 18.4 Å². The minimum Gasteiger partial charge on any atom is -0.466 e. The molecule has 8 nitrogen and oxygen atoms in total. The summed E-state index contributed by atoms with van der Waals surface area (Å²) >= 11 is 1.11. The Hall–Kier alpha value is -2.69. The molecule has 1 aromatic carbocycles. The van der Waals surface area contributed by atoms with Crippen molar-refractivity contribution in [2.24, 2.45) is 7.05 Å². The number of thioether (sulfide) groups is 1. The van der Waals surface area contributed by atoms with Gasteiger partial charge in [0.15, 0.2) is 5.16 Å². The number of hydrogen-bond donors (Lipinski definition) is 1. The van der Waals surface area contributed by atoms with Crippen LogP contribution in [-0.4, -0.2) is 45.1 Å². The number of anilines is 1. The predicted octanol–water partition coefficient (Wildman–Crippen LogP) is 2.64. The number of hydrogen-bond acceptors (Lipinski definition) is 7. The van der Waals surface area contributed by atoms with Gasteiger partial charge >= 0.3 is 12.6 Å². The monoisotopic (exact) mass is 414 g/mol. The molecular formula is C17H20F2N4O4S. The Morgan fingerprint density at radius 2 is 2.00 bits per heavy atom. The highest BCUT2D eigenvalue weighted by atomic mass is 32.2. The van der Waals surface area contributed by atoms with E-state index in [0.29, 0.717) is 11.0 Å². The van der Waals surface area contributed by atoms with Gasteiger partial charge in [-0.1, -0.05) is 23.9 Å².